The highest BCUT2D eigenvalue weighted by atomic mass is 35.5. The molecule has 1 aromatic carbocycles. The Hall–Kier alpha value is -1.03. The third-order valence-corrected chi connectivity index (χ3v) is 4.55. The van der Waals surface area contributed by atoms with Crippen LogP contribution in [0.2, 0.25) is 4.34 Å². The first-order chi connectivity index (χ1) is 9.71. The molecular formula is C16H21ClN2S. The van der Waals surface area contributed by atoms with Crippen molar-refractivity contribution in [2.75, 3.05) is 18.4 Å². The second-order valence-corrected chi connectivity index (χ2v) is 6.52. The maximum absolute atomic E-state index is 5.94. The molecule has 0 bridgehead atoms. The Kier molecular flexibility index (Phi) is 5.89. The van der Waals surface area contributed by atoms with Gasteiger partial charge in [-0.2, -0.15) is 0 Å². The van der Waals surface area contributed by atoms with E-state index in [1.165, 1.54) is 16.1 Å². The van der Waals surface area contributed by atoms with Crippen molar-refractivity contribution in [1.82, 2.24) is 4.90 Å². The fourth-order valence-electron chi connectivity index (χ4n) is 2.12. The molecule has 1 heterocycles. The summed E-state index contributed by atoms with van der Waals surface area (Å²) in [6.07, 6.45) is 0. The van der Waals surface area contributed by atoms with Gasteiger partial charge in [-0.25, -0.2) is 0 Å². The number of nitrogens with one attached hydrogen (secondary N) is 1. The van der Waals surface area contributed by atoms with Crippen LogP contribution in [-0.2, 0) is 13.1 Å². The molecule has 4 heteroatoms. The topological polar surface area (TPSA) is 15.3 Å². The van der Waals surface area contributed by atoms with E-state index >= 15 is 0 Å². The minimum Gasteiger partial charge on any atom is -0.380 e. The van der Waals surface area contributed by atoms with E-state index in [1.807, 2.05) is 6.07 Å². The second-order valence-electron chi connectivity index (χ2n) is 4.72. The highest BCUT2D eigenvalue weighted by Gasteiger charge is 2.03. The van der Waals surface area contributed by atoms with Gasteiger partial charge in [0.15, 0.2) is 0 Å². The van der Waals surface area contributed by atoms with Crippen LogP contribution in [-0.4, -0.2) is 18.0 Å². The summed E-state index contributed by atoms with van der Waals surface area (Å²) in [6.45, 7) is 8.40. The van der Waals surface area contributed by atoms with Crippen molar-refractivity contribution in [3.05, 3.63) is 51.2 Å². The molecule has 0 saturated carbocycles. The molecule has 0 atom stereocenters. The van der Waals surface area contributed by atoms with E-state index in [0.717, 1.165) is 30.5 Å². The van der Waals surface area contributed by atoms with Crippen LogP contribution in [0.1, 0.15) is 24.3 Å². The molecule has 0 radical (unpaired) electrons. The molecule has 2 aromatic rings. The van der Waals surface area contributed by atoms with Gasteiger partial charge in [0, 0.05) is 23.7 Å². The van der Waals surface area contributed by atoms with E-state index < -0.39 is 0 Å². The largest absolute Gasteiger partial charge is 0.380 e. The zero-order valence-corrected chi connectivity index (χ0v) is 13.6. The number of nitrogens with zero attached hydrogens (tertiary/aromatic N) is 1. The van der Waals surface area contributed by atoms with Crippen LogP contribution in [0.25, 0.3) is 0 Å². The molecule has 1 aromatic heterocycles. The predicted molar refractivity (Wildman–Crippen MR) is 89.7 cm³/mol. The van der Waals surface area contributed by atoms with E-state index in [4.69, 9.17) is 11.6 Å². The molecule has 0 fully saturated rings. The van der Waals surface area contributed by atoms with Crippen molar-refractivity contribution in [1.29, 1.82) is 0 Å². The summed E-state index contributed by atoms with van der Waals surface area (Å²) in [5.74, 6) is 0. The molecule has 108 valence electrons. The average molecular weight is 309 g/mol. The van der Waals surface area contributed by atoms with Crippen molar-refractivity contribution < 1.29 is 0 Å². The van der Waals surface area contributed by atoms with E-state index in [9.17, 15) is 0 Å². The number of hydrogen-bond donors (Lipinski definition) is 1. The van der Waals surface area contributed by atoms with E-state index in [2.05, 4.69) is 54.4 Å². The molecule has 2 rings (SSSR count). The maximum Gasteiger partial charge on any atom is 0.0931 e. The molecule has 0 unspecified atom stereocenters. The predicted octanol–water partition coefficient (Wildman–Crippen LogP) is 4.86. The van der Waals surface area contributed by atoms with Gasteiger partial charge in [-0.3, -0.25) is 4.90 Å². The molecule has 1 N–H and O–H groups in total. The van der Waals surface area contributed by atoms with Gasteiger partial charge in [0.05, 0.1) is 4.34 Å². The van der Waals surface area contributed by atoms with Gasteiger partial charge in [0.25, 0.3) is 0 Å². The van der Waals surface area contributed by atoms with E-state index in [0.29, 0.717) is 0 Å². The lowest BCUT2D eigenvalue weighted by Gasteiger charge is -2.18. The molecule has 2 nitrogen and oxygen atoms in total. The molecule has 0 saturated heterocycles. The Bertz CT molecular complexity index is 535. The van der Waals surface area contributed by atoms with Crippen LogP contribution < -0.4 is 5.32 Å². The summed E-state index contributed by atoms with van der Waals surface area (Å²) in [5.41, 5.74) is 2.52. The monoisotopic (exact) mass is 308 g/mol. The Morgan fingerprint density at radius 1 is 1.15 bits per heavy atom. The molecule has 0 aliphatic heterocycles. The third-order valence-electron chi connectivity index (χ3n) is 3.32. The SMILES string of the molecule is CCN(CC)Cc1cccc(NCc2ccc(Cl)s2)c1. The number of benzene rings is 1. The van der Waals surface area contributed by atoms with Crippen LogP contribution in [0.5, 0.6) is 0 Å². The quantitative estimate of drug-likeness (QED) is 0.786. The van der Waals surface area contributed by atoms with Gasteiger partial charge < -0.3 is 5.32 Å². The molecule has 0 amide bonds. The fourth-order valence-corrected chi connectivity index (χ4v) is 3.15. The van der Waals surface area contributed by atoms with Gasteiger partial charge in [-0.1, -0.05) is 37.6 Å². The van der Waals surface area contributed by atoms with E-state index in [-0.39, 0.29) is 0 Å². The van der Waals surface area contributed by atoms with Gasteiger partial charge >= 0.3 is 0 Å². The van der Waals surface area contributed by atoms with Crippen LogP contribution in [0.3, 0.4) is 0 Å². The number of anilines is 1. The molecule has 20 heavy (non-hydrogen) atoms. The average Bonchev–Trinajstić information content (AvgIpc) is 2.89. The first kappa shape index (κ1) is 15.4. The standard InChI is InChI=1S/C16H21ClN2S/c1-3-19(4-2)12-13-6-5-7-14(10-13)18-11-15-8-9-16(17)20-15/h5-10,18H,3-4,11-12H2,1-2H3. The highest BCUT2D eigenvalue weighted by Crippen LogP contribution is 2.22. The number of halogens is 1. The third kappa shape index (κ3) is 4.51. The Balaban J connectivity index is 1.95. The summed E-state index contributed by atoms with van der Waals surface area (Å²) in [7, 11) is 0. The Labute approximate surface area is 130 Å². The minimum absolute atomic E-state index is 0.826. The normalized spacial score (nSPS) is 11.0. The zero-order valence-electron chi connectivity index (χ0n) is 12.0. The first-order valence-electron chi connectivity index (χ1n) is 7.00. The van der Waals surface area contributed by atoms with Crippen LogP contribution in [0.15, 0.2) is 36.4 Å². The van der Waals surface area contributed by atoms with Crippen LogP contribution in [0, 0.1) is 0 Å². The number of thiophene rings is 1. The lowest BCUT2D eigenvalue weighted by molar-refractivity contribution is 0.296. The van der Waals surface area contributed by atoms with Crippen molar-refractivity contribution in [2.24, 2.45) is 0 Å². The van der Waals surface area contributed by atoms with Crippen LogP contribution >= 0.6 is 22.9 Å². The van der Waals surface area contributed by atoms with Crippen molar-refractivity contribution in [2.45, 2.75) is 26.9 Å². The minimum atomic E-state index is 0.826. The van der Waals surface area contributed by atoms with Crippen molar-refractivity contribution in [3.63, 3.8) is 0 Å². The summed E-state index contributed by atoms with van der Waals surface area (Å²) in [6, 6.07) is 12.7. The lowest BCUT2D eigenvalue weighted by Crippen LogP contribution is -2.22. The summed E-state index contributed by atoms with van der Waals surface area (Å²) < 4.78 is 0.845. The second kappa shape index (κ2) is 7.67. The van der Waals surface area contributed by atoms with Gasteiger partial charge in [-0.05, 0) is 42.9 Å². The molecular weight excluding hydrogens is 288 g/mol. The number of rotatable bonds is 7. The van der Waals surface area contributed by atoms with E-state index in [1.54, 1.807) is 11.3 Å². The maximum atomic E-state index is 5.94. The summed E-state index contributed by atoms with van der Waals surface area (Å²) in [4.78, 5) is 3.67. The van der Waals surface area contributed by atoms with Crippen molar-refractivity contribution in [3.8, 4) is 0 Å². The zero-order chi connectivity index (χ0) is 14.4. The number of hydrogen-bond acceptors (Lipinski definition) is 3. The Morgan fingerprint density at radius 3 is 2.60 bits per heavy atom. The van der Waals surface area contributed by atoms with Crippen LogP contribution in [0.4, 0.5) is 5.69 Å². The van der Waals surface area contributed by atoms with Gasteiger partial charge in [0.2, 0.25) is 0 Å². The summed E-state index contributed by atoms with van der Waals surface area (Å²) in [5, 5.41) is 3.46. The molecule has 0 aliphatic carbocycles. The smallest absolute Gasteiger partial charge is 0.0931 e. The van der Waals surface area contributed by atoms with Gasteiger partial charge in [0.1, 0.15) is 0 Å². The lowest BCUT2D eigenvalue weighted by atomic mass is 10.2. The van der Waals surface area contributed by atoms with Crippen molar-refractivity contribution >= 4 is 28.6 Å². The van der Waals surface area contributed by atoms with Gasteiger partial charge in [-0.15, -0.1) is 11.3 Å². The molecule has 0 aliphatic rings. The highest BCUT2D eigenvalue weighted by molar-refractivity contribution is 7.16. The fraction of sp³-hybridized carbons (Fsp3) is 0.375. The first-order valence-corrected chi connectivity index (χ1v) is 8.20. The summed E-state index contributed by atoms with van der Waals surface area (Å²) >= 11 is 7.57. The Morgan fingerprint density at radius 2 is 1.95 bits per heavy atom. The molecule has 0 spiro atoms.